The second kappa shape index (κ2) is 8.83. The summed E-state index contributed by atoms with van der Waals surface area (Å²) in [5, 5.41) is 11.1. The lowest BCUT2D eigenvalue weighted by atomic mass is 10.1. The molecule has 0 unspecified atom stereocenters. The van der Waals surface area contributed by atoms with Crippen LogP contribution in [0, 0.1) is 5.82 Å². The first-order chi connectivity index (χ1) is 14.9. The summed E-state index contributed by atoms with van der Waals surface area (Å²) in [4.78, 5) is 38.4. The maximum absolute atomic E-state index is 14.3. The number of aryl methyl sites for hydroxylation is 1. The van der Waals surface area contributed by atoms with E-state index in [1.165, 1.54) is 11.0 Å². The Morgan fingerprint density at radius 2 is 2.03 bits per heavy atom. The zero-order chi connectivity index (χ0) is 22.0. The van der Waals surface area contributed by atoms with Gasteiger partial charge in [-0.3, -0.25) is 14.5 Å². The summed E-state index contributed by atoms with van der Waals surface area (Å²) in [6, 6.07) is 4.14. The number of rotatable bonds is 6. The van der Waals surface area contributed by atoms with Crippen LogP contribution in [-0.4, -0.2) is 62.5 Å². The molecule has 164 valence electrons. The molecule has 0 atom stereocenters. The minimum Gasteiger partial charge on any atom is -0.324 e. The number of amides is 4. The van der Waals surface area contributed by atoms with E-state index < -0.39 is 5.82 Å². The van der Waals surface area contributed by atoms with Gasteiger partial charge in [-0.25, -0.2) is 9.18 Å². The van der Waals surface area contributed by atoms with Crippen LogP contribution in [0.5, 0.6) is 0 Å². The van der Waals surface area contributed by atoms with E-state index >= 15 is 0 Å². The Bertz CT molecular complexity index is 1020. The fourth-order valence-electron chi connectivity index (χ4n) is 3.96. The van der Waals surface area contributed by atoms with Crippen molar-refractivity contribution in [1.29, 1.82) is 0 Å². The number of nitrogens with zero attached hydrogens (tertiary/aromatic N) is 5. The van der Waals surface area contributed by atoms with Crippen molar-refractivity contribution >= 4 is 23.5 Å². The number of imide groups is 1. The molecule has 31 heavy (non-hydrogen) atoms. The average molecular weight is 428 g/mol. The summed E-state index contributed by atoms with van der Waals surface area (Å²) < 4.78 is 16.4. The maximum Gasteiger partial charge on any atom is 0.326 e. The normalized spacial score (nSPS) is 16.5. The topological polar surface area (TPSA) is 100 Å². The third-order valence-electron chi connectivity index (χ3n) is 5.62. The highest BCUT2D eigenvalue weighted by Crippen LogP contribution is 2.26. The summed E-state index contributed by atoms with van der Waals surface area (Å²) >= 11 is 0. The van der Waals surface area contributed by atoms with Gasteiger partial charge in [-0.1, -0.05) is 6.42 Å². The standard InChI is InChI=1S/C21H25FN6O3/c1-26-13-19(30)28(21(26)31)11-5-7-18(29)23-16-12-14(8-9-15(16)22)20-25-24-17-6-3-2-4-10-27(17)20/h8-9,12H,2-7,10-11,13H2,1H3,(H,23,29). The molecule has 1 aromatic heterocycles. The van der Waals surface area contributed by atoms with E-state index in [0.717, 1.165) is 43.0 Å². The zero-order valence-electron chi connectivity index (χ0n) is 17.4. The first-order valence-corrected chi connectivity index (χ1v) is 10.5. The molecule has 0 aliphatic carbocycles. The van der Waals surface area contributed by atoms with Crippen LogP contribution in [0.1, 0.15) is 37.9 Å². The number of anilines is 1. The molecule has 1 fully saturated rings. The summed E-state index contributed by atoms with van der Waals surface area (Å²) in [5.41, 5.74) is 0.759. The fraction of sp³-hybridized carbons (Fsp3) is 0.476. The molecule has 2 aliphatic rings. The quantitative estimate of drug-likeness (QED) is 0.713. The monoisotopic (exact) mass is 428 g/mol. The largest absolute Gasteiger partial charge is 0.326 e. The van der Waals surface area contributed by atoms with Gasteiger partial charge in [0.1, 0.15) is 18.2 Å². The lowest BCUT2D eigenvalue weighted by Gasteiger charge is -2.14. The molecule has 1 saturated heterocycles. The summed E-state index contributed by atoms with van der Waals surface area (Å²) in [6.07, 6.45) is 4.49. The highest BCUT2D eigenvalue weighted by molar-refractivity contribution is 6.01. The Labute approximate surface area is 179 Å². The molecule has 0 saturated carbocycles. The van der Waals surface area contributed by atoms with E-state index in [0.29, 0.717) is 17.8 Å². The summed E-state index contributed by atoms with van der Waals surface area (Å²) in [5.74, 6) is 0.392. The Balaban J connectivity index is 1.40. The molecule has 0 radical (unpaired) electrons. The second-order valence-electron chi connectivity index (χ2n) is 7.93. The van der Waals surface area contributed by atoms with Crippen LogP contribution in [0.25, 0.3) is 11.4 Å². The first-order valence-electron chi connectivity index (χ1n) is 10.5. The molecule has 4 amide bonds. The fourth-order valence-corrected chi connectivity index (χ4v) is 3.96. The third kappa shape index (κ3) is 4.42. The van der Waals surface area contributed by atoms with Crippen molar-refractivity contribution in [2.75, 3.05) is 25.5 Å². The van der Waals surface area contributed by atoms with Gasteiger partial charge in [0.2, 0.25) is 11.8 Å². The Morgan fingerprint density at radius 1 is 1.19 bits per heavy atom. The van der Waals surface area contributed by atoms with Gasteiger partial charge in [0.25, 0.3) is 0 Å². The smallest absolute Gasteiger partial charge is 0.324 e. The average Bonchev–Trinajstić information content (AvgIpc) is 3.13. The molecular weight excluding hydrogens is 403 g/mol. The molecule has 4 rings (SSSR count). The summed E-state index contributed by atoms with van der Waals surface area (Å²) in [7, 11) is 1.55. The number of hydrogen-bond donors (Lipinski definition) is 1. The SMILES string of the molecule is CN1CC(=O)N(CCCC(=O)Nc2cc(-c3nnc4n3CCCCC4)ccc2F)C1=O. The molecule has 0 spiro atoms. The molecule has 1 aromatic carbocycles. The first kappa shape index (κ1) is 21.0. The van der Waals surface area contributed by atoms with E-state index in [4.69, 9.17) is 0 Å². The predicted molar refractivity (Wildman–Crippen MR) is 111 cm³/mol. The molecule has 2 aliphatic heterocycles. The second-order valence-corrected chi connectivity index (χ2v) is 7.93. The number of aromatic nitrogens is 3. The van der Waals surface area contributed by atoms with Crippen molar-refractivity contribution in [2.45, 2.75) is 45.1 Å². The van der Waals surface area contributed by atoms with Crippen LogP contribution in [-0.2, 0) is 22.6 Å². The van der Waals surface area contributed by atoms with E-state index in [9.17, 15) is 18.8 Å². The van der Waals surface area contributed by atoms with Gasteiger partial charge in [0.15, 0.2) is 5.82 Å². The Hall–Kier alpha value is -3.30. The number of nitrogens with one attached hydrogen (secondary N) is 1. The van der Waals surface area contributed by atoms with Crippen molar-refractivity contribution < 1.29 is 18.8 Å². The molecular formula is C21H25FN6O3. The van der Waals surface area contributed by atoms with Crippen molar-refractivity contribution in [1.82, 2.24) is 24.6 Å². The van der Waals surface area contributed by atoms with Crippen molar-refractivity contribution in [3.05, 3.63) is 29.8 Å². The van der Waals surface area contributed by atoms with Gasteiger partial charge in [-0.05, 0) is 37.5 Å². The highest BCUT2D eigenvalue weighted by Gasteiger charge is 2.32. The van der Waals surface area contributed by atoms with Crippen molar-refractivity contribution in [3.8, 4) is 11.4 Å². The minimum atomic E-state index is -0.542. The number of benzene rings is 1. The molecule has 9 nitrogen and oxygen atoms in total. The number of carbonyl (C=O) groups excluding carboxylic acids is 3. The van der Waals surface area contributed by atoms with Crippen LogP contribution in [0.2, 0.25) is 0 Å². The summed E-state index contributed by atoms with van der Waals surface area (Å²) in [6.45, 7) is 1.03. The van der Waals surface area contributed by atoms with Crippen LogP contribution in [0.4, 0.5) is 14.9 Å². The number of fused-ring (bicyclic) bond motifs is 1. The van der Waals surface area contributed by atoms with E-state index in [1.54, 1.807) is 19.2 Å². The number of likely N-dealkylation sites (N-methyl/N-ethyl adjacent to an activating group) is 1. The number of carbonyl (C=O) groups is 3. The molecule has 2 aromatic rings. The van der Waals surface area contributed by atoms with Crippen molar-refractivity contribution in [3.63, 3.8) is 0 Å². The molecule has 10 heteroatoms. The van der Waals surface area contributed by atoms with Gasteiger partial charge in [0.05, 0.1) is 5.69 Å². The minimum absolute atomic E-state index is 0.0510. The van der Waals surface area contributed by atoms with Gasteiger partial charge in [0, 0.05) is 38.5 Å². The van der Waals surface area contributed by atoms with E-state index in [-0.39, 0.29) is 43.0 Å². The number of urea groups is 1. The van der Waals surface area contributed by atoms with Gasteiger partial charge in [-0.2, -0.15) is 0 Å². The van der Waals surface area contributed by atoms with Crippen LogP contribution >= 0.6 is 0 Å². The number of halogens is 1. The lowest BCUT2D eigenvalue weighted by molar-refractivity contribution is -0.125. The predicted octanol–water partition coefficient (Wildman–Crippen LogP) is 2.42. The van der Waals surface area contributed by atoms with Gasteiger partial charge < -0.3 is 14.8 Å². The third-order valence-corrected chi connectivity index (χ3v) is 5.62. The Morgan fingerprint density at radius 3 is 2.81 bits per heavy atom. The van der Waals surface area contributed by atoms with E-state index in [2.05, 4.69) is 20.1 Å². The molecule has 0 bridgehead atoms. The number of hydrogen-bond acceptors (Lipinski definition) is 5. The van der Waals surface area contributed by atoms with Crippen molar-refractivity contribution in [2.24, 2.45) is 0 Å². The molecule has 1 N–H and O–H groups in total. The highest BCUT2D eigenvalue weighted by atomic mass is 19.1. The van der Waals surface area contributed by atoms with E-state index in [1.807, 2.05) is 0 Å². The van der Waals surface area contributed by atoms with Crippen LogP contribution < -0.4 is 5.32 Å². The zero-order valence-corrected chi connectivity index (χ0v) is 17.4. The lowest BCUT2D eigenvalue weighted by Crippen LogP contribution is -2.32. The van der Waals surface area contributed by atoms with Crippen LogP contribution in [0.3, 0.4) is 0 Å². The Kier molecular flexibility index (Phi) is 5.97. The van der Waals surface area contributed by atoms with Crippen LogP contribution in [0.15, 0.2) is 18.2 Å². The van der Waals surface area contributed by atoms with Gasteiger partial charge in [-0.15, -0.1) is 10.2 Å². The van der Waals surface area contributed by atoms with Gasteiger partial charge >= 0.3 is 6.03 Å². The molecule has 3 heterocycles. The maximum atomic E-state index is 14.3.